The number of nitrogens with zero attached hydrogens (tertiary/aromatic N) is 2. The maximum Gasteiger partial charge on any atom is 0.259 e. The Labute approximate surface area is 314 Å². The molecular formula is C41H57N5O6S. The average molecular weight is 748 g/mol. The van der Waals surface area contributed by atoms with E-state index in [1.807, 2.05) is 31.2 Å². The van der Waals surface area contributed by atoms with Gasteiger partial charge in [-0.05, 0) is 96.1 Å². The van der Waals surface area contributed by atoms with Crippen LogP contribution in [0.4, 0.5) is 0 Å². The number of fused-ring (bicyclic) bond motifs is 5. The molecule has 1 aromatic carbocycles. The molecular weight excluding hydrogens is 691 g/mol. The van der Waals surface area contributed by atoms with Crippen LogP contribution in [0.2, 0.25) is 0 Å². The monoisotopic (exact) mass is 747 g/mol. The van der Waals surface area contributed by atoms with Gasteiger partial charge < -0.3 is 20.3 Å². The van der Waals surface area contributed by atoms with Crippen molar-refractivity contribution in [3.63, 3.8) is 0 Å². The van der Waals surface area contributed by atoms with Crippen LogP contribution in [0.15, 0.2) is 36.4 Å². The standard InChI is InChI=1S/C41H57N5O6S/c1-27-34-30(29-14-11-12-15-31(29)43-27)18-19-40(52-34)25-33-35(47)44-41(37(49)45-53(50,51)39(5)21-22-39)20-17-28(41)13-9-7-6-8-10-16-32(36(48)46(33)26-40)42-24-23-38(2,3)4/h9,11-15,28,32-33,42H,6-8,10,16-26H2,1-5H3,(H,44,47)(H,45,49). The summed E-state index contributed by atoms with van der Waals surface area (Å²) in [4.78, 5) is 50.2. The summed E-state index contributed by atoms with van der Waals surface area (Å²) in [5, 5.41) is 7.70. The molecule has 2 aromatic rings. The van der Waals surface area contributed by atoms with Crippen LogP contribution in [-0.4, -0.2) is 77.1 Å². The summed E-state index contributed by atoms with van der Waals surface area (Å²) in [5.74, 6) is -0.953. The summed E-state index contributed by atoms with van der Waals surface area (Å²) in [6.45, 7) is 11.0. The number of ether oxygens (including phenoxy) is 1. The van der Waals surface area contributed by atoms with E-state index in [4.69, 9.17) is 9.72 Å². The van der Waals surface area contributed by atoms with Gasteiger partial charge in [0.2, 0.25) is 21.8 Å². The van der Waals surface area contributed by atoms with Gasteiger partial charge in [-0.3, -0.25) is 19.1 Å². The maximum atomic E-state index is 14.8. The van der Waals surface area contributed by atoms with Crippen LogP contribution in [0.1, 0.15) is 116 Å². The first-order valence-corrected chi connectivity index (χ1v) is 21.2. The zero-order valence-corrected chi connectivity index (χ0v) is 32.9. The Kier molecular flexibility index (Phi) is 9.96. The molecule has 1 saturated heterocycles. The third-order valence-electron chi connectivity index (χ3n) is 12.6. The number of rotatable bonds is 6. The molecule has 3 N–H and O–H groups in total. The van der Waals surface area contributed by atoms with E-state index in [2.05, 4.69) is 48.3 Å². The molecule has 5 aliphatic rings. The van der Waals surface area contributed by atoms with Crippen molar-refractivity contribution in [2.45, 2.75) is 146 Å². The van der Waals surface area contributed by atoms with E-state index in [0.717, 1.165) is 54.3 Å². The number of aryl methyl sites for hydroxylation is 2. The van der Waals surface area contributed by atoms with Gasteiger partial charge in [0.1, 0.15) is 22.9 Å². The molecule has 12 heteroatoms. The van der Waals surface area contributed by atoms with Crippen molar-refractivity contribution in [2.24, 2.45) is 11.3 Å². The van der Waals surface area contributed by atoms with E-state index in [0.29, 0.717) is 57.2 Å². The zero-order valence-electron chi connectivity index (χ0n) is 32.1. The Bertz CT molecular complexity index is 1920. The highest BCUT2D eigenvalue weighted by Crippen LogP contribution is 2.47. The number of para-hydroxylation sites is 1. The van der Waals surface area contributed by atoms with Crippen molar-refractivity contribution in [1.82, 2.24) is 25.2 Å². The number of benzene rings is 1. The lowest BCUT2D eigenvalue weighted by molar-refractivity contribution is -0.144. The number of carbonyl (C=O) groups is 3. The van der Waals surface area contributed by atoms with Gasteiger partial charge in [0.05, 0.1) is 28.5 Å². The molecule has 5 atom stereocenters. The van der Waals surface area contributed by atoms with Crippen molar-refractivity contribution < 1.29 is 27.5 Å². The van der Waals surface area contributed by atoms with Crippen molar-refractivity contribution in [3.05, 3.63) is 47.7 Å². The van der Waals surface area contributed by atoms with E-state index in [1.165, 1.54) is 0 Å². The Hall–Kier alpha value is -3.51. The molecule has 3 amide bonds. The molecule has 2 saturated carbocycles. The van der Waals surface area contributed by atoms with Crippen molar-refractivity contribution in [2.75, 3.05) is 13.1 Å². The van der Waals surface area contributed by atoms with Gasteiger partial charge in [-0.25, -0.2) is 13.4 Å². The number of hydrogen-bond donors (Lipinski definition) is 3. The van der Waals surface area contributed by atoms with E-state index >= 15 is 0 Å². The number of allylic oxidation sites excluding steroid dienone is 1. The third kappa shape index (κ3) is 7.34. The Morgan fingerprint density at radius 3 is 2.57 bits per heavy atom. The first kappa shape index (κ1) is 37.8. The number of sulfonamides is 1. The van der Waals surface area contributed by atoms with Gasteiger partial charge in [0.25, 0.3) is 5.91 Å². The maximum absolute atomic E-state index is 14.8. The molecule has 5 unspecified atom stereocenters. The molecule has 53 heavy (non-hydrogen) atoms. The molecule has 0 bridgehead atoms. The smallest absolute Gasteiger partial charge is 0.259 e. The Balaban J connectivity index is 1.23. The predicted molar refractivity (Wildman–Crippen MR) is 205 cm³/mol. The number of carbonyl (C=O) groups excluding carboxylic acids is 3. The number of amides is 3. The van der Waals surface area contributed by atoms with Crippen molar-refractivity contribution in [1.29, 1.82) is 0 Å². The van der Waals surface area contributed by atoms with Crippen molar-refractivity contribution in [3.8, 4) is 5.75 Å². The quantitative estimate of drug-likeness (QED) is 0.334. The minimum atomic E-state index is -3.94. The molecule has 1 spiro atoms. The third-order valence-corrected chi connectivity index (χ3v) is 14.8. The average Bonchev–Trinajstić information content (AvgIpc) is 3.76. The van der Waals surface area contributed by atoms with Crippen LogP contribution < -0.4 is 20.1 Å². The van der Waals surface area contributed by atoms with Crippen LogP contribution in [0.3, 0.4) is 0 Å². The summed E-state index contributed by atoms with van der Waals surface area (Å²) in [6, 6.07) is 6.63. The van der Waals surface area contributed by atoms with Crippen LogP contribution in [-0.2, 0) is 30.8 Å². The zero-order chi connectivity index (χ0) is 37.8. The summed E-state index contributed by atoms with van der Waals surface area (Å²) < 4.78 is 34.9. The largest absolute Gasteiger partial charge is 0.483 e. The highest BCUT2D eigenvalue weighted by molar-refractivity contribution is 7.91. The topological polar surface area (TPSA) is 147 Å². The van der Waals surface area contributed by atoms with E-state index in [-0.39, 0.29) is 30.2 Å². The Morgan fingerprint density at radius 1 is 1.08 bits per heavy atom. The van der Waals surface area contributed by atoms with Crippen LogP contribution in [0.5, 0.6) is 5.75 Å². The van der Waals surface area contributed by atoms with Gasteiger partial charge in [-0.15, -0.1) is 0 Å². The van der Waals surface area contributed by atoms with Gasteiger partial charge >= 0.3 is 0 Å². The first-order chi connectivity index (χ1) is 25.1. The van der Waals surface area contributed by atoms with Gasteiger partial charge in [0, 0.05) is 23.3 Å². The molecule has 1 aromatic heterocycles. The number of nitrogens with one attached hydrogen (secondary N) is 3. The minimum Gasteiger partial charge on any atom is -0.483 e. The molecule has 11 nitrogen and oxygen atoms in total. The lowest BCUT2D eigenvalue weighted by Crippen LogP contribution is -2.70. The highest BCUT2D eigenvalue weighted by atomic mass is 32.2. The molecule has 3 aliphatic heterocycles. The van der Waals surface area contributed by atoms with Crippen molar-refractivity contribution >= 4 is 38.6 Å². The molecule has 7 rings (SSSR count). The molecule has 4 heterocycles. The van der Waals surface area contributed by atoms with Crippen LogP contribution >= 0.6 is 0 Å². The second kappa shape index (κ2) is 14.0. The molecule has 288 valence electrons. The lowest BCUT2D eigenvalue weighted by atomic mass is 9.65. The lowest BCUT2D eigenvalue weighted by Gasteiger charge is -2.48. The van der Waals surface area contributed by atoms with Gasteiger partial charge in [-0.2, -0.15) is 0 Å². The normalized spacial score (nSPS) is 30.2. The summed E-state index contributed by atoms with van der Waals surface area (Å²) >= 11 is 0. The second-order valence-corrected chi connectivity index (χ2v) is 20.1. The molecule has 0 radical (unpaired) electrons. The Morgan fingerprint density at radius 2 is 1.85 bits per heavy atom. The number of pyridine rings is 1. The van der Waals surface area contributed by atoms with E-state index < -0.39 is 49.8 Å². The fourth-order valence-corrected chi connectivity index (χ4v) is 10.0. The second-order valence-electron chi connectivity index (χ2n) is 17.9. The number of hydrogen-bond acceptors (Lipinski definition) is 8. The highest BCUT2D eigenvalue weighted by Gasteiger charge is 2.59. The SMILES string of the molecule is Cc1nc2ccccc2c2c1OC1(CC2)CC2C(=O)NC3(C(=O)NS(=O)(=O)C4(C)CC4)CCC3C=CCCCCCC(NCCC(C)(C)C)C(=O)N2C1. The van der Waals surface area contributed by atoms with E-state index in [1.54, 1.807) is 11.8 Å². The van der Waals surface area contributed by atoms with Gasteiger partial charge in [-0.1, -0.05) is 64.0 Å². The fraction of sp³-hybridized carbons (Fsp3) is 0.659. The van der Waals surface area contributed by atoms with Gasteiger partial charge in [0.15, 0.2) is 0 Å². The predicted octanol–water partition coefficient (Wildman–Crippen LogP) is 5.39. The minimum absolute atomic E-state index is 0.0836. The van der Waals surface area contributed by atoms with Crippen LogP contribution in [0, 0.1) is 18.3 Å². The summed E-state index contributed by atoms with van der Waals surface area (Å²) in [5.41, 5.74) is 0.572. The molecule has 2 aliphatic carbocycles. The first-order valence-electron chi connectivity index (χ1n) is 19.7. The summed E-state index contributed by atoms with van der Waals surface area (Å²) in [6.07, 6.45) is 12.6. The number of aromatic nitrogens is 1. The fourth-order valence-electron chi connectivity index (χ4n) is 8.69. The molecule has 3 fully saturated rings. The van der Waals surface area contributed by atoms with Crippen LogP contribution in [0.25, 0.3) is 10.9 Å². The summed E-state index contributed by atoms with van der Waals surface area (Å²) in [7, 11) is -3.94. The van der Waals surface area contributed by atoms with E-state index in [9.17, 15) is 22.8 Å².